The average Bonchev–Trinajstić information content (AvgIpc) is 2.27. The maximum Gasteiger partial charge on any atom is 0.221 e. The molecule has 1 N–H and O–H groups in total. The summed E-state index contributed by atoms with van der Waals surface area (Å²) >= 11 is 1.36. The van der Waals surface area contributed by atoms with Gasteiger partial charge in [0, 0.05) is 11.8 Å². The van der Waals surface area contributed by atoms with Crippen LogP contribution in [-0.4, -0.2) is 18.8 Å². The third-order valence-electron chi connectivity index (χ3n) is 1.79. The van der Waals surface area contributed by atoms with Crippen LogP contribution in [-0.2, 0) is 4.79 Å². The molecule has 0 radical (unpaired) electrons. The molecule has 0 atom stereocenters. The second kappa shape index (κ2) is 6.03. The summed E-state index contributed by atoms with van der Waals surface area (Å²) in [6, 6.07) is 7.37. The van der Waals surface area contributed by atoms with Crippen LogP contribution in [0.4, 0.5) is 5.69 Å². The minimum atomic E-state index is -0.135. The maximum atomic E-state index is 11.0. The van der Waals surface area contributed by atoms with Gasteiger partial charge in [0.2, 0.25) is 5.91 Å². The van der Waals surface area contributed by atoms with E-state index < -0.39 is 0 Å². The summed E-state index contributed by atoms with van der Waals surface area (Å²) in [5.74, 6) is 0.901. The fourth-order valence-corrected chi connectivity index (χ4v) is 1.85. The van der Waals surface area contributed by atoms with Crippen LogP contribution in [0.3, 0.4) is 0 Å². The summed E-state index contributed by atoms with van der Waals surface area (Å²) in [6.45, 7) is 1.45. The highest BCUT2D eigenvalue weighted by molar-refractivity contribution is 7.99. The second-order valence-electron chi connectivity index (χ2n) is 2.99. The van der Waals surface area contributed by atoms with E-state index in [-0.39, 0.29) is 5.91 Å². The summed E-state index contributed by atoms with van der Waals surface area (Å²) in [7, 11) is 1.58. The maximum absolute atomic E-state index is 11.0. The third-order valence-corrected chi connectivity index (χ3v) is 2.71. The molecule has 1 rings (SSSR count). The van der Waals surface area contributed by atoms with E-state index in [2.05, 4.69) is 5.32 Å². The molecule has 1 aromatic rings. The van der Waals surface area contributed by atoms with Crippen molar-refractivity contribution in [3.63, 3.8) is 0 Å². The second-order valence-corrected chi connectivity index (χ2v) is 4.01. The van der Waals surface area contributed by atoms with E-state index in [9.17, 15) is 4.79 Å². The van der Waals surface area contributed by atoms with Crippen LogP contribution in [0.25, 0.3) is 0 Å². The number of nitrogens with zero attached hydrogens (tertiary/aromatic N) is 1. The molecule has 1 amide bonds. The lowest BCUT2D eigenvalue weighted by Gasteiger charge is -2.09. The molecule has 0 aliphatic carbocycles. The summed E-state index contributed by atoms with van der Waals surface area (Å²) in [6.07, 6.45) is 0. The predicted molar refractivity (Wildman–Crippen MR) is 63.6 cm³/mol. The molecule has 0 saturated heterocycles. The van der Waals surface area contributed by atoms with Gasteiger partial charge in [0.15, 0.2) is 0 Å². The van der Waals surface area contributed by atoms with Crippen molar-refractivity contribution in [2.24, 2.45) is 0 Å². The largest absolute Gasteiger partial charge is 0.497 e. The number of rotatable bonds is 4. The van der Waals surface area contributed by atoms with Crippen molar-refractivity contribution >= 4 is 23.4 Å². The number of carbonyl (C=O) groups is 1. The first-order chi connectivity index (χ1) is 7.67. The summed E-state index contributed by atoms with van der Waals surface area (Å²) in [4.78, 5) is 11.8. The monoisotopic (exact) mass is 236 g/mol. The highest BCUT2D eigenvalue weighted by Crippen LogP contribution is 2.30. The molecule has 0 spiro atoms. The van der Waals surface area contributed by atoms with Crippen LogP contribution in [0.1, 0.15) is 6.92 Å². The lowest BCUT2D eigenvalue weighted by atomic mass is 10.3. The smallest absolute Gasteiger partial charge is 0.221 e. The topological polar surface area (TPSA) is 62.1 Å². The molecule has 0 fully saturated rings. The van der Waals surface area contributed by atoms with Gasteiger partial charge in [-0.25, -0.2) is 0 Å². The Labute approximate surface area is 98.6 Å². The molecule has 84 valence electrons. The van der Waals surface area contributed by atoms with E-state index in [1.807, 2.05) is 6.07 Å². The number of benzene rings is 1. The summed E-state index contributed by atoms with van der Waals surface area (Å²) in [5, 5.41) is 11.2. The molecule has 0 saturated carbocycles. The number of nitriles is 1. The van der Waals surface area contributed by atoms with Crippen LogP contribution < -0.4 is 10.1 Å². The number of nitrogens with one attached hydrogen (secondary N) is 1. The SMILES string of the molecule is COc1ccc(NC(C)=O)c(SCC#N)c1. The van der Waals surface area contributed by atoms with Crippen molar-refractivity contribution in [1.29, 1.82) is 5.26 Å². The Morgan fingerprint density at radius 1 is 1.62 bits per heavy atom. The number of amides is 1. The zero-order chi connectivity index (χ0) is 12.0. The molecule has 0 bridgehead atoms. The van der Waals surface area contributed by atoms with Gasteiger partial charge in [0.1, 0.15) is 5.75 Å². The molecule has 5 heteroatoms. The van der Waals surface area contributed by atoms with Gasteiger partial charge < -0.3 is 10.1 Å². The van der Waals surface area contributed by atoms with Crippen molar-refractivity contribution in [3.05, 3.63) is 18.2 Å². The third kappa shape index (κ3) is 3.48. The van der Waals surface area contributed by atoms with Gasteiger partial charge in [0.05, 0.1) is 24.6 Å². The molecule has 0 unspecified atom stereocenters. The fourth-order valence-electron chi connectivity index (χ4n) is 1.15. The molecule has 1 aromatic carbocycles. The Morgan fingerprint density at radius 2 is 2.38 bits per heavy atom. The first-order valence-electron chi connectivity index (χ1n) is 4.62. The summed E-state index contributed by atoms with van der Waals surface area (Å²) < 4.78 is 5.09. The van der Waals surface area contributed by atoms with Gasteiger partial charge in [-0.3, -0.25) is 4.79 Å². The van der Waals surface area contributed by atoms with Crippen LogP contribution in [0, 0.1) is 11.3 Å². The van der Waals surface area contributed by atoms with E-state index in [0.29, 0.717) is 17.2 Å². The van der Waals surface area contributed by atoms with Gasteiger partial charge in [-0.15, -0.1) is 11.8 Å². The number of methoxy groups -OCH3 is 1. The van der Waals surface area contributed by atoms with E-state index in [0.717, 1.165) is 4.90 Å². The lowest BCUT2D eigenvalue weighted by molar-refractivity contribution is -0.114. The zero-order valence-electron chi connectivity index (χ0n) is 9.11. The van der Waals surface area contributed by atoms with E-state index in [4.69, 9.17) is 10.00 Å². The Balaban J connectivity index is 2.96. The van der Waals surface area contributed by atoms with E-state index in [1.54, 1.807) is 25.3 Å². The quantitative estimate of drug-likeness (QED) is 0.814. The molecule has 16 heavy (non-hydrogen) atoms. The normalized spacial score (nSPS) is 9.31. The molecule has 4 nitrogen and oxygen atoms in total. The molecule has 0 aromatic heterocycles. The first kappa shape index (κ1) is 12.4. The van der Waals surface area contributed by atoms with Gasteiger partial charge in [0.25, 0.3) is 0 Å². The van der Waals surface area contributed by atoms with Crippen molar-refractivity contribution < 1.29 is 9.53 Å². The van der Waals surface area contributed by atoms with Crippen molar-refractivity contribution in [3.8, 4) is 11.8 Å². The molecule has 0 heterocycles. The van der Waals surface area contributed by atoms with Crippen LogP contribution in [0.2, 0.25) is 0 Å². The standard InChI is InChI=1S/C11H12N2O2S/c1-8(14)13-10-4-3-9(15-2)7-11(10)16-6-5-12/h3-4,7H,6H2,1-2H3,(H,13,14). The van der Waals surface area contributed by atoms with Gasteiger partial charge in [-0.2, -0.15) is 5.26 Å². The van der Waals surface area contributed by atoms with Gasteiger partial charge >= 0.3 is 0 Å². The lowest BCUT2D eigenvalue weighted by Crippen LogP contribution is -2.06. The van der Waals surface area contributed by atoms with Crippen LogP contribution >= 0.6 is 11.8 Å². The van der Waals surface area contributed by atoms with Crippen LogP contribution in [0.15, 0.2) is 23.1 Å². The Kier molecular flexibility index (Phi) is 4.67. The summed E-state index contributed by atoms with van der Waals surface area (Å²) in [5.41, 5.74) is 0.702. The number of carbonyl (C=O) groups excluding carboxylic acids is 1. The van der Waals surface area contributed by atoms with E-state index >= 15 is 0 Å². The van der Waals surface area contributed by atoms with Gasteiger partial charge in [-0.05, 0) is 18.2 Å². The highest BCUT2D eigenvalue weighted by atomic mass is 32.2. The number of ether oxygens (including phenoxy) is 1. The Hall–Kier alpha value is -1.67. The predicted octanol–water partition coefficient (Wildman–Crippen LogP) is 2.27. The first-order valence-corrected chi connectivity index (χ1v) is 5.61. The molecule has 0 aliphatic heterocycles. The van der Waals surface area contributed by atoms with E-state index in [1.165, 1.54) is 18.7 Å². The zero-order valence-corrected chi connectivity index (χ0v) is 9.93. The number of hydrogen-bond acceptors (Lipinski definition) is 4. The minimum absolute atomic E-state index is 0.135. The number of hydrogen-bond donors (Lipinski definition) is 1. The van der Waals surface area contributed by atoms with Crippen LogP contribution in [0.5, 0.6) is 5.75 Å². The highest BCUT2D eigenvalue weighted by Gasteiger charge is 2.06. The number of anilines is 1. The van der Waals surface area contributed by atoms with Crippen molar-refractivity contribution in [1.82, 2.24) is 0 Å². The Bertz CT molecular complexity index is 426. The average molecular weight is 236 g/mol. The number of thioether (sulfide) groups is 1. The minimum Gasteiger partial charge on any atom is -0.497 e. The van der Waals surface area contributed by atoms with Gasteiger partial charge in [-0.1, -0.05) is 0 Å². The molecular formula is C11H12N2O2S. The fraction of sp³-hybridized carbons (Fsp3) is 0.273. The Morgan fingerprint density at radius 3 is 2.94 bits per heavy atom. The molecule has 0 aliphatic rings. The van der Waals surface area contributed by atoms with Crippen molar-refractivity contribution in [2.45, 2.75) is 11.8 Å². The molecular weight excluding hydrogens is 224 g/mol. The van der Waals surface area contributed by atoms with Crippen molar-refractivity contribution in [2.75, 3.05) is 18.2 Å².